The molecule has 0 radical (unpaired) electrons. The lowest BCUT2D eigenvalue weighted by Gasteiger charge is -2.10. The lowest BCUT2D eigenvalue weighted by molar-refractivity contribution is -0.675. The summed E-state index contributed by atoms with van der Waals surface area (Å²) >= 11 is 0. The minimum atomic E-state index is -4.48. The van der Waals surface area contributed by atoms with Crippen LogP contribution in [-0.2, 0) is 25.4 Å². The van der Waals surface area contributed by atoms with Gasteiger partial charge in [-0.15, -0.1) is 0 Å². The highest BCUT2D eigenvalue weighted by atomic mass is 19.4. The van der Waals surface area contributed by atoms with Gasteiger partial charge in [0.25, 0.3) is 5.82 Å². The Labute approximate surface area is 172 Å². The topological polar surface area (TPSA) is 37.5 Å². The van der Waals surface area contributed by atoms with E-state index in [4.69, 9.17) is 0 Å². The van der Waals surface area contributed by atoms with Crippen molar-refractivity contribution in [1.82, 2.24) is 14.5 Å². The van der Waals surface area contributed by atoms with Gasteiger partial charge < -0.3 is 4.57 Å². The maximum Gasteiger partial charge on any atom is 0.416 e. The fourth-order valence-electron chi connectivity index (χ4n) is 3.60. The van der Waals surface area contributed by atoms with Crippen LogP contribution >= 0.6 is 0 Å². The molecule has 0 aliphatic carbocycles. The highest BCUT2D eigenvalue weighted by Crippen LogP contribution is 2.32. The first-order chi connectivity index (χ1) is 14.6. The molecule has 31 heavy (non-hydrogen) atoms. The highest BCUT2D eigenvalue weighted by Gasteiger charge is 2.33. The summed E-state index contributed by atoms with van der Waals surface area (Å²) in [5, 5.41) is 0. The van der Waals surface area contributed by atoms with E-state index in [2.05, 4.69) is 9.97 Å². The Morgan fingerprint density at radius 3 is 2.35 bits per heavy atom. The summed E-state index contributed by atoms with van der Waals surface area (Å²) in [7, 11) is 0. The molecule has 2 heterocycles. The Kier molecular flexibility index (Phi) is 5.03. The van der Waals surface area contributed by atoms with Crippen LogP contribution in [0.4, 0.5) is 26.3 Å². The molecule has 0 aliphatic rings. The fourth-order valence-corrected chi connectivity index (χ4v) is 3.60. The third-order valence-corrected chi connectivity index (χ3v) is 5.02. The van der Waals surface area contributed by atoms with Gasteiger partial charge in [-0.2, -0.15) is 26.3 Å². The Bertz CT molecular complexity index is 1230. The molecule has 4 rings (SSSR count). The number of H-pyrrole nitrogens is 1. The molecule has 0 saturated carbocycles. The van der Waals surface area contributed by atoms with Crippen molar-refractivity contribution in [1.29, 1.82) is 0 Å². The molecule has 4 aromatic rings. The average molecular weight is 439 g/mol. The van der Waals surface area contributed by atoms with Crippen molar-refractivity contribution in [2.75, 3.05) is 0 Å². The second-order valence-corrected chi connectivity index (χ2v) is 7.00. The van der Waals surface area contributed by atoms with E-state index < -0.39 is 23.5 Å². The molecular formula is C21H17F6N4+. The first-order valence-electron chi connectivity index (χ1n) is 9.38. The number of aromatic nitrogens is 4. The first-order valence-corrected chi connectivity index (χ1v) is 9.38. The molecule has 162 valence electrons. The number of rotatable bonds is 4. The fraction of sp³-hybridized carbons (Fsp3) is 0.238. The summed E-state index contributed by atoms with van der Waals surface area (Å²) in [4.78, 5) is 7.20. The van der Waals surface area contributed by atoms with Gasteiger partial charge in [0.2, 0.25) is 0 Å². The van der Waals surface area contributed by atoms with E-state index in [-0.39, 0.29) is 6.54 Å². The van der Waals surface area contributed by atoms with Gasteiger partial charge in [0.05, 0.1) is 17.7 Å². The van der Waals surface area contributed by atoms with Crippen LogP contribution in [0.1, 0.15) is 23.9 Å². The molecule has 0 bridgehead atoms. The number of aromatic amines is 1. The molecule has 2 aromatic heterocycles. The number of halogens is 6. The molecular weight excluding hydrogens is 422 g/mol. The molecule has 0 saturated heterocycles. The summed E-state index contributed by atoms with van der Waals surface area (Å²) in [5.74, 6) is 0.923. The molecule has 0 atom stereocenters. The van der Waals surface area contributed by atoms with Crippen LogP contribution in [0.3, 0.4) is 0 Å². The van der Waals surface area contributed by atoms with Crippen molar-refractivity contribution in [3.63, 3.8) is 0 Å². The van der Waals surface area contributed by atoms with Gasteiger partial charge in [-0.3, -0.25) is 0 Å². The number of imidazole rings is 2. The summed E-state index contributed by atoms with van der Waals surface area (Å²) in [5.41, 5.74) is -0.325. The minimum absolute atomic E-state index is 0.190. The Morgan fingerprint density at radius 1 is 0.968 bits per heavy atom. The standard InChI is InChI=1S/C21H16F6N4/c1-2-31-17-7-6-15(21(25,26)27)11-16(17)29-18(31)12-30-9-8-28-19(30)13-4-3-5-14(10-13)20(22,23)24/h3-11H,2,12H2,1H3/p+1. The van der Waals surface area contributed by atoms with Crippen LogP contribution in [0.15, 0.2) is 54.9 Å². The largest absolute Gasteiger partial charge is 0.416 e. The van der Waals surface area contributed by atoms with Crippen LogP contribution in [-0.4, -0.2) is 14.5 Å². The van der Waals surface area contributed by atoms with Crippen molar-refractivity contribution < 1.29 is 30.9 Å². The van der Waals surface area contributed by atoms with Gasteiger partial charge >= 0.3 is 12.4 Å². The SMILES string of the molecule is CC[n+]1c(Cn2ccnc2-c2cccc(C(F)(F)F)c2)[nH]c2cc(C(F)(F)F)ccc21. The van der Waals surface area contributed by atoms with Gasteiger partial charge in [-0.1, -0.05) is 12.1 Å². The number of nitrogens with one attached hydrogen (secondary N) is 1. The van der Waals surface area contributed by atoms with Crippen molar-refractivity contribution in [3.05, 3.63) is 71.8 Å². The highest BCUT2D eigenvalue weighted by molar-refractivity contribution is 5.72. The number of hydrogen-bond acceptors (Lipinski definition) is 1. The van der Waals surface area contributed by atoms with Gasteiger partial charge in [0.1, 0.15) is 12.4 Å². The minimum Gasteiger partial charge on any atom is -0.319 e. The molecule has 4 nitrogen and oxygen atoms in total. The van der Waals surface area contributed by atoms with Crippen LogP contribution in [0.5, 0.6) is 0 Å². The lowest BCUT2D eigenvalue weighted by Crippen LogP contribution is -2.36. The van der Waals surface area contributed by atoms with E-state index >= 15 is 0 Å². The molecule has 0 fully saturated rings. The summed E-state index contributed by atoms with van der Waals surface area (Å²) in [6.45, 7) is 2.54. The normalized spacial score (nSPS) is 12.6. The van der Waals surface area contributed by atoms with E-state index in [1.165, 1.54) is 24.4 Å². The number of aryl methyl sites for hydroxylation is 1. The van der Waals surface area contributed by atoms with Gasteiger partial charge in [0, 0.05) is 24.0 Å². The van der Waals surface area contributed by atoms with E-state index in [0.717, 1.165) is 24.3 Å². The predicted molar refractivity (Wildman–Crippen MR) is 101 cm³/mol. The van der Waals surface area contributed by atoms with E-state index in [9.17, 15) is 26.3 Å². The second-order valence-electron chi connectivity index (χ2n) is 7.00. The summed E-state index contributed by atoms with van der Waals surface area (Å²) < 4.78 is 81.9. The van der Waals surface area contributed by atoms with Gasteiger partial charge in [0.15, 0.2) is 11.0 Å². The Hall–Kier alpha value is -3.30. The Morgan fingerprint density at radius 2 is 1.68 bits per heavy atom. The van der Waals surface area contributed by atoms with Gasteiger partial charge in [-0.25, -0.2) is 14.5 Å². The van der Waals surface area contributed by atoms with Crippen molar-refractivity contribution >= 4 is 11.0 Å². The van der Waals surface area contributed by atoms with Crippen LogP contribution in [0.25, 0.3) is 22.4 Å². The van der Waals surface area contributed by atoms with E-state index in [0.29, 0.717) is 34.8 Å². The second kappa shape index (κ2) is 7.44. The molecule has 0 aliphatic heterocycles. The third kappa shape index (κ3) is 4.01. The van der Waals surface area contributed by atoms with Crippen molar-refractivity contribution in [2.45, 2.75) is 32.4 Å². The summed E-state index contributed by atoms with van der Waals surface area (Å²) in [6.07, 6.45) is -5.86. The van der Waals surface area contributed by atoms with Crippen LogP contribution in [0, 0.1) is 0 Å². The maximum atomic E-state index is 13.1. The third-order valence-electron chi connectivity index (χ3n) is 5.02. The smallest absolute Gasteiger partial charge is 0.319 e. The van der Waals surface area contributed by atoms with Crippen LogP contribution < -0.4 is 4.57 Å². The molecule has 0 spiro atoms. The zero-order chi connectivity index (χ0) is 22.4. The lowest BCUT2D eigenvalue weighted by atomic mass is 10.1. The zero-order valence-corrected chi connectivity index (χ0v) is 16.2. The predicted octanol–water partition coefficient (Wildman–Crippen LogP) is 5.42. The van der Waals surface area contributed by atoms with Crippen molar-refractivity contribution in [3.8, 4) is 11.4 Å². The molecule has 10 heteroatoms. The molecule has 0 unspecified atom stereocenters. The average Bonchev–Trinajstić information content (AvgIpc) is 3.30. The molecule has 1 N–H and O–H groups in total. The quantitative estimate of drug-likeness (QED) is 0.335. The molecule has 0 amide bonds. The monoisotopic (exact) mass is 439 g/mol. The molecule has 2 aromatic carbocycles. The number of hydrogen-bond donors (Lipinski definition) is 1. The number of benzene rings is 2. The summed E-state index contributed by atoms with van der Waals surface area (Å²) in [6, 6.07) is 8.33. The number of fused-ring (bicyclic) bond motifs is 1. The van der Waals surface area contributed by atoms with E-state index in [1.54, 1.807) is 10.8 Å². The number of alkyl halides is 6. The van der Waals surface area contributed by atoms with Crippen molar-refractivity contribution in [2.24, 2.45) is 0 Å². The Balaban J connectivity index is 1.74. The van der Waals surface area contributed by atoms with Gasteiger partial charge in [-0.05, 0) is 31.2 Å². The maximum absolute atomic E-state index is 13.1. The first kappa shape index (κ1) is 21.0. The number of nitrogens with zero attached hydrogens (tertiary/aromatic N) is 3. The zero-order valence-electron chi connectivity index (χ0n) is 16.2. The van der Waals surface area contributed by atoms with Crippen LogP contribution in [0.2, 0.25) is 0 Å². The van der Waals surface area contributed by atoms with E-state index in [1.807, 2.05) is 11.5 Å².